The maximum Gasteiger partial charge on any atom is 0.258 e. The van der Waals surface area contributed by atoms with E-state index in [0.29, 0.717) is 16.6 Å². The molecule has 4 aromatic rings. The summed E-state index contributed by atoms with van der Waals surface area (Å²) in [6, 6.07) is 17.8. The number of aromatic nitrogens is 4. The first-order chi connectivity index (χ1) is 15.8. The van der Waals surface area contributed by atoms with Crippen molar-refractivity contribution in [1.29, 1.82) is 0 Å². The average molecular weight is 444 g/mol. The predicted molar refractivity (Wildman–Crippen MR) is 127 cm³/mol. The molecule has 2 heterocycles. The van der Waals surface area contributed by atoms with Gasteiger partial charge in [-0.1, -0.05) is 73.1 Å². The smallest absolute Gasteiger partial charge is 0.258 e. The van der Waals surface area contributed by atoms with E-state index in [9.17, 15) is 4.79 Å². The summed E-state index contributed by atoms with van der Waals surface area (Å²) in [5.41, 5.74) is 3.68. The molecule has 2 aromatic carbocycles. The largest absolute Gasteiger partial charge is 0.296 e. The van der Waals surface area contributed by atoms with Gasteiger partial charge in [0, 0.05) is 23.9 Å². The van der Waals surface area contributed by atoms with Crippen LogP contribution in [0.15, 0.2) is 67.0 Å². The molecule has 7 heteroatoms. The van der Waals surface area contributed by atoms with E-state index in [4.69, 9.17) is 0 Å². The number of carbonyl (C=O) groups is 1. The highest BCUT2D eigenvalue weighted by Crippen LogP contribution is 2.35. The monoisotopic (exact) mass is 443 g/mol. The first-order valence-corrected chi connectivity index (χ1v) is 11.9. The van der Waals surface area contributed by atoms with Gasteiger partial charge in [-0.25, -0.2) is 0 Å². The molecule has 0 aliphatic heterocycles. The second kappa shape index (κ2) is 9.44. The minimum Gasteiger partial charge on any atom is -0.296 e. The van der Waals surface area contributed by atoms with Crippen LogP contribution < -0.4 is 5.32 Å². The van der Waals surface area contributed by atoms with Gasteiger partial charge in [0.05, 0.1) is 6.54 Å². The van der Waals surface area contributed by atoms with Crippen LogP contribution in [0.1, 0.15) is 59.0 Å². The molecule has 0 unspecified atom stereocenters. The highest BCUT2D eigenvalue weighted by Gasteiger charge is 2.21. The molecule has 1 saturated carbocycles. The van der Waals surface area contributed by atoms with Crippen molar-refractivity contribution < 1.29 is 4.79 Å². The summed E-state index contributed by atoms with van der Waals surface area (Å²) >= 11 is 1.51. The van der Waals surface area contributed by atoms with E-state index in [-0.39, 0.29) is 5.91 Å². The van der Waals surface area contributed by atoms with Gasteiger partial charge in [0.25, 0.3) is 5.91 Å². The first kappa shape index (κ1) is 20.6. The Labute approximate surface area is 191 Å². The second-order valence-electron chi connectivity index (χ2n) is 8.18. The Hall–Kier alpha value is -3.32. The topological polar surface area (TPSA) is 72.7 Å². The minimum absolute atomic E-state index is 0.160. The van der Waals surface area contributed by atoms with E-state index in [1.165, 1.54) is 43.4 Å². The third-order valence-corrected chi connectivity index (χ3v) is 6.96. The summed E-state index contributed by atoms with van der Waals surface area (Å²) in [6.07, 6.45) is 9.86. The number of rotatable bonds is 6. The standard InChI is InChI=1S/C25H25N5OS/c31-23(27-25-29-28-24(32-25)20-7-2-1-3-8-20)22-10-5-4-9-21(22)19-13-11-18(12-14-19)17-30-16-6-15-26-30/h4-6,9-16,20H,1-3,7-8,17H2,(H,27,29,31). The molecule has 0 atom stereocenters. The van der Waals surface area contributed by atoms with E-state index in [1.807, 2.05) is 41.2 Å². The predicted octanol–water partition coefficient (Wildman–Crippen LogP) is 5.75. The number of nitrogens with zero attached hydrogens (tertiary/aromatic N) is 4. The van der Waals surface area contributed by atoms with Crippen molar-refractivity contribution in [2.75, 3.05) is 5.32 Å². The Balaban J connectivity index is 1.32. The van der Waals surface area contributed by atoms with Crippen LogP contribution in [0.25, 0.3) is 11.1 Å². The number of nitrogens with one attached hydrogen (secondary N) is 1. The van der Waals surface area contributed by atoms with Crippen LogP contribution in [0.4, 0.5) is 5.13 Å². The number of amides is 1. The van der Waals surface area contributed by atoms with E-state index >= 15 is 0 Å². The number of hydrogen-bond donors (Lipinski definition) is 1. The molecule has 162 valence electrons. The third-order valence-electron chi connectivity index (χ3n) is 5.96. The summed E-state index contributed by atoms with van der Waals surface area (Å²) in [7, 11) is 0. The van der Waals surface area contributed by atoms with E-state index < -0.39 is 0 Å². The summed E-state index contributed by atoms with van der Waals surface area (Å²) in [6.45, 7) is 0.718. The molecule has 1 amide bonds. The Morgan fingerprint density at radius 3 is 2.59 bits per heavy atom. The van der Waals surface area contributed by atoms with Gasteiger partial charge in [-0.2, -0.15) is 5.10 Å². The Morgan fingerprint density at radius 1 is 1.00 bits per heavy atom. The molecule has 0 bridgehead atoms. The fraction of sp³-hybridized carbons (Fsp3) is 0.280. The van der Waals surface area contributed by atoms with Crippen molar-refractivity contribution in [3.8, 4) is 11.1 Å². The van der Waals surface area contributed by atoms with Crippen LogP contribution in [-0.4, -0.2) is 25.9 Å². The zero-order chi connectivity index (χ0) is 21.8. The number of hydrogen-bond acceptors (Lipinski definition) is 5. The SMILES string of the molecule is O=C(Nc1nnc(C2CCCCC2)s1)c1ccccc1-c1ccc(Cn2cccn2)cc1. The lowest BCUT2D eigenvalue weighted by atomic mass is 9.90. The Kier molecular flexibility index (Phi) is 6.07. The highest BCUT2D eigenvalue weighted by atomic mass is 32.1. The normalized spacial score (nSPS) is 14.4. The molecule has 0 saturated heterocycles. The van der Waals surface area contributed by atoms with E-state index in [0.717, 1.165) is 28.2 Å². The molecule has 6 nitrogen and oxygen atoms in total. The van der Waals surface area contributed by atoms with Crippen LogP contribution in [0.5, 0.6) is 0 Å². The molecular weight excluding hydrogens is 418 g/mol. The third kappa shape index (κ3) is 4.62. The zero-order valence-electron chi connectivity index (χ0n) is 17.8. The van der Waals surface area contributed by atoms with Crippen LogP contribution in [-0.2, 0) is 6.54 Å². The van der Waals surface area contributed by atoms with Crippen molar-refractivity contribution in [3.63, 3.8) is 0 Å². The second-order valence-corrected chi connectivity index (χ2v) is 9.19. The zero-order valence-corrected chi connectivity index (χ0v) is 18.6. The van der Waals surface area contributed by atoms with Gasteiger partial charge in [0.2, 0.25) is 5.13 Å². The lowest BCUT2D eigenvalue weighted by Gasteiger charge is -2.18. The maximum atomic E-state index is 13.1. The van der Waals surface area contributed by atoms with Crippen molar-refractivity contribution in [2.45, 2.75) is 44.6 Å². The van der Waals surface area contributed by atoms with Crippen LogP contribution in [0, 0.1) is 0 Å². The molecule has 1 fully saturated rings. The molecule has 2 aromatic heterocycles. The van der Waals surface area contributed by atoms with Crippen molar-refractivity contribution >= 4 is 22.4 Å². The summed E-state index contributed by atoms with van der Waals surface area (Å²) in [5, 5.41) is 17.4. The van der Waals surface area contributed by atoms with Gasteiger partial charge in [-0.05, 0) is 41.7 Å². The molecule has 1 aliphatic carbocycles. The van der Waals surface area contributed by atoms with Crippen LogP contribution >= 0.6 is 11.3 Å². The Bertz CT molecular complexity index is 1180. The molecule has 1 N–H and O–H groups in total. The maximum absolute atomic E-state index is 13.1. The fourth-order valence-corrected chi connectivity index (χ4v) is 5.18. The molecular formula is C25H25N5OS. The number of benzene rings is 2. The lowest BCUT2D eigenvalue weighted by molar-refractivity contribution is 0.102. The fourth-order valence-electron chi connectivity index (χ4n) is 4.27. The van der Waals surface area contributed by atoms with Gasteiger partial charge >= 0.3 is 0 Å². The minimum atomic E-state index is -0.160. The molecule has 1 aliphatic rings. The van der Waals surface area contributed by atoms with Gasteiger partial charge in [0.1, 0.15) is 5.01 Å². The Morgan fingerprint density at radius 2 is 1.81 bits per heavy atom. The van der Waals surface area contributed by atoms with Crippen molar-refractivity contribution in [2.24, 2.45) is 0 Å². The molecule has 5 rings (SSSR count). The highest BCUT2D eigenvalue weighted by molar-refractivity contribution is 7.15. The van der Waals surface area contributed by atoms with E-state index in [2.05, 4.69) is 44.9 Å². The van der Waals surface area contributed by atoms with Crippen molar-refractivity contribution in [1.82, 2.24) is 20.0 Å². The van der Waals surface area contributed by atoms with Gasteiger partial charge in [-0.15, -0.1) is 10.2 Å². The number of carbonyl (C=O) groups excluding carboxylic acids is 1. The first-order valence-electron chi connectivity index (χ1n) is 11.1. The molecule has 32 heavy (non-hydrogen) atoms. The van der Waals surface area contributed by atoms with Crippen LogP contribution in [0.2, 0.25) is 0 Å². The van der Waals surface area contributed by atoms with E-state index in [1.54, 1.807) is 6.20 Å². The van der Waals surface area contributed by atoms with Gasteiger partial charge in [0.15, 0.2) is 0 Å². The van der Waals surface area contributed by atoms with Gasteiger partial charge in [-0.3, -0.25) is 14.8 Å². The molecule has 0 radical (unpaired) electrons. The van der Waals surface area contributed by atoms with Crippen LogP contribution in [0.3, 0.4) is 0 Å². The number of anilines is 1. The lowest BCUT2D eigenvalue weighted by Crippen LogP contribution is -2.13. The molecule has 0 spiro atoms. The quantitative estimate of drug-likeness (QED) is 0.412. The summed E-state index contributed by atoms with van der Waals surface area (Å²) in [4.78, 5) is 13.1. The van der Waals surface area contributed by atoms with Gasteiger partial charge < -0.3 is 0 Å². The average Bonchev–Trinajstić information content (AvgIpc) is 3.53. The summed E-state index contributed by atoms with van der Waals surface area (Å²) < 4.78 is 1.89. The van der Waals surface area contributed by atoms with Crippen molar-refractivity contribution in [3.05, 3.63) is 83.1 Å². The summed E-state index contributed by atoms with van der Waals surface area (Å²) in [5.74, 6) is 0.326.